The Morgan fingerprint density at radius 1 is 1.21 bits per heavy atom. The number of hydrogen-bond donors (Lipinski definition) is 2. The van der Waals surface area contributed by atoms with E-state index in [0.29, 0.717) is 26.3 Å². The van der Waals surface area contributed by atoms with Crippen molar-refractivity contribution >= 4 is 17.6 Å². The first-order chi connectivity index (χ1) is 9.16. The molecule has 0 unspecified atom stereocenters. The molecule has 1 amide bonds. The summed E-state index contributed by atoms with van der Waals surface area (Å²) in [4.78, 5) is 24.3. The lowest BCUT2D eigenvalue weighted by Gasteiger charge is -2.27. The first-order valence-corrected chi connectivity index (χ1v) is 6.09. The summed E-state index contributed by atoms with van der Waals surface area (Å²) in [5.74, 6) is -0.943. The van der Waals surface area contributed by atoms with Crippen molar-refractivity contribution in [2.24, 2.45) is 0 Å². The number of carbonyl (C=O) groups excluding carboxylic acids is 1. The number of nitrogens with one attached hydrogen (secondary N) is 1. The van der Waals surface area contributed by atoms with Gasteiger partial charge in [-0.15, -0.1) is 0 Å². The normalized spacial score (nSPS) is 15.1. The predicted molar refractivity (Wildman–Crippen MR) is 69.3 cm³/mol. The van der Waals surface area contributed by atoms with Crippen molar-refractivity contribution in [3.05, 3.63) is 29.8 Å². The SMILES string of the molecule is O=C(O)c1ccc(NCC(=O)N2CCOCC2)cc1. The molecule has 0 radical (unpaired) electrons. The van der Waals surface area contributed by atoms with Gasteiger partial charge < -0.3 is 20.1 Å². The molecule has 1 aromatic rings. The second-order valence-electron chi connectivity index (χ2n) is 4.23. The number of aromatic carboxylic acids is 1. The van der Waals surface area contributed by atoms with E-state index in [-0.39, 0.29) is 18.0 Å². The third kappa shape index (κ3) is 3.69. The molecule has 1 saturated heterocycles. The Morgan fingerprint density at radius 3 is 2.42 bits per heavy atom. The van der Waals surface area contributed by atoms with Gasteiger partial charge in [0.25, 0.3) is 0 Å². The van der Waals surface area contributed by atoms with E-state index in [9.17, 15) is 9.59 Å². The minimum absolute atomic E-state index is 0.0191. The number of ether oxygens (including phenoxy) is 1. The number of hydrogen-bond acceptors (Lipinski definition) is 4. The molecule has 2 N–H and O–H groups in total. The molecule has 1 aliphatic rings. The maximum absolute atomic E-state index is 11.9. The zero-order valence-electron chi connectivity index (χ0n) is 10.5. The number of carboxylic acid groups (broad SMARTS) is 1. The van der Waals surface area contributed by atoms with Crippen LogP contribution in [0.5, 0.6) is 0 Å². The van der Waals surface area contributed by atoms with Crippen molar-refractivity contribution in [3.63, 3.8) is 0 Å². The van der Waals surface area contributed by atoms with E-state index in [2.05, 4.69) is 5.32 Å². The van der Waals surface area contributed by atoms with Crippen molar-refractivity contribution in [2.75, 3.05) is 38.2 Å². The average molecular weight is 264 g/mol. The highest BCUT2D eigenvalue weighted by atomic mass is 16.5. The van der Waals surface area contributed by atoms with Crippen LogP contribution in [-0.4, -0.2) is 54.7 Å². The van der Waals surface area contributed by atoms with Crippen molar-refractivity contribution < 1.29 is 19.4 Å². The molecule has 0 atom stereocenters. The summed E-state index contributed by atoms with van der Waals surface area (Å²) in [6.45, 7) is 2.61. The number of carbonyl (C=O) groups is 2. The highest BCUT2D eigenvalue weighted by Gasteiger charge is 2.16. The lowest BCUT2D eigenvalue weighted by molar-refractivity contribution is -0.133. The summed E-state index contributed by atoms with van der Waals surface area (Å²) in [5.41, 5.74) is 0.955. The average Bonchev–Trinajstić information content (AvgIpc) is 2.46. The third-order valence-corrected chi connectivity index (χ3v) is 2.94. The Morgan fingerprint density at radius 2 is 1.84 bits per heavy atom. The van der Waals surface area contributed by atoms with Gasteiger partial charge in [0.05, 0.1) is 25.3 Å². The van der Waals surface area contributed by atoms with Gasteiger partial charge in [-0.25, -0.2) is 4.79 Å². The van der Waals surface area contributed by atoms with Gasteiger partial charge in [0, 0.05) is 18.8 Å². The molecule has 1 aliphatic heterocycles. The summed E-state index contributed by atoms with van der Waals surface area (Å²) in [7, 11) is 0. The maximum Gasteiger partial charge on any atom is 0.335 e. The van der Waals surface area contributed by atoms with Crippen molar-refractivity contribution in [3.8, 4) is 0 Å². The Bertz CT molecular complexity index is 452. The second-order valence-corrected chi connectivity index (χ2v) is 4.23. The molecule has 1 heterocycles. The number of morpholine rings is 1. The van der Waals surface area contributed by atoms with Crippen LogP contribution in [0.15, 0.2) is 24.3 Å². The molecule has 102 valence electrons. The van der Waals surface area contributed by atoms with Crippen LogP contribution in [0.2, 0.25) is 0 Å². The fraction of sp³-hybridized carbons (Fsp3) is 0.385. The van der Waals surface area contributed by atoms with Crippen LogP contribution in [0, 0.1) is 0 Å². The van der Waals surface area contributed by atoms with Gasteiger partial charge in [-0.1, -0.05) is 0 Å². The molecule has 6 nitrogen and oxygen atoms in total. The molecule has 6 heteroatoms. The number of anilines is 1. The van der Waals surface area contributed by atoms with Crippen LogP contribution in [0.25, 0.3) is 0 Å². The number of nitrogens with zero attached hydrogens (tertiary/aromatic N) is 1. The molecule has 0 bridgehead atoms. The molecule has 0 spiro atoms. The minimum Gasteiger partial charge on any atom is -0.478 e. The molecule has 0 saturated carbocycles. The Balaban J connectivity index is 1.84. The van der Waals surface area contributed by atoms with Gasteiger partial charge in [0.2, 0.25) is 5.91 Å². The van der Waals surface area contributed by atoms with Gasteiger partial charge in [-0.3, -0.25) is 4.79 Å². The summed E-state index contributed by atoms with van der Waals surface area (Å²) < 4.78 is 5.18. The van der Waals surface area contributed by atoms with Crippen molar-refractivity contribution in [2.45, 2.75) is 0 Å². The number of rotatable bonds is 4. The maximum atomic E-state index is 11.9. The zero-order valence-corrected chi connectivity index (χ0v) is 10.5. The van der Waals surface area contributed by atoms with E-state index in [1.165, 1.54) is 12.1 Å². The number of benzene rings is 1. The lowest BCUT2D eigenvalue weighted by atomic mass is 10.2. The monoisotopic (exact) mass is 264 g/mol. The molecular formula is C13H16N2O4. The van der Waals surface area contributed by atoms with Gasteiger partial charge in [-0.05, 0) is 24.3 Å². The first kappa shape index (κ1) is 13.4. The van der Waals surface area contributed by atoms with Gasteiger partial charge in [0.15, 0.2) is 0 Å². The van der Waals surface area contributed by atoms with Gasteiger partial charge >= 0.3 is 5.97 Å². The molecule has 1 fully saturated rings. The molecule has 0 aromatic heterocycles. The quantitative estimate of drug-likeness (QED) is 0.835. The Labute approximate surface area is 111 Å². The summed E-state index contributed by atoms with van der Waals surface area (Å²) >= 11 is 0. The Hall–Kier alpha value is -2.08. The second kappa shape index (κ2) is 6.19. The third-order valence-electron chi connectivity index (χ3n) is 2.94. The lowest BCUT2D eigenvalue weighted by Crippen LogP contribution is -2.43. The summed E-state index contributed by atoms with van der Waals surface area (Å²) in [6, 6.07) is 6.31. The van der Waals surface area contributed by atoms with Crippen LogP contribution in [0.3, 0.4) is 0 Å². The summed E-state index contributed by atoms with van der Waals surface area (Å²) in [6.07, 6.45) is 0. The van der Waals surface area contributed by atoms with E-state index in [1.807, 2.05) is 0 Å². The summed E-state index contributed by atoms with van der Waals surface area (Å²) in [5, 5.41) is 11.8. The minimum atomic E-state index is -0.962. The first-order valence-electron chi connectivity index (χ1n) is 6.09. The van der Waals surface area contributed by atoms with E-state index in [0.717, 1.165) is 5.69 Å². The standard InChI is InChI=1S/C13H16N2O4/c16-12(15-5-7-19-8-6-15)9-14-11-3-1-10(2-4-11)13(17)18/h1-4,14H,5-9H2,(H,17,18). The van der Waals surface area contributed by atoms with Crippen LogP contribution in [0.1, 0.15) is 10.4 Å². The molecule has 19 heavy (non-hydrogen) atoms. The fourth-order valence-corrected chi connectivity index (χ4v) is 1.83. The van der Waals surface area contributed by atoms with E-state index in [1.54, 1.807) is 17.0 Å². The highest BCUT2D eigenvalue weighted by Crippen LogP contribution is 2.09. The number of amides is 1. The van der Waals surface area contributed by atoms with Crippen LogP contribution in [0.4, 0.5) is 5.69 Å². The Kier molecular flexibility index (Phi) is 4.35. The van der Waals surface area contributed by atoms with Crippen molar-refractivity contribution in [1.82, 2.24) is 4.90 Å². The van der Waals surface area contributed by atoms with Crippen molar-refractivity contribution in [1.29, 1.82) is 0 Å². The smallest absolute Gasteiger partial charge is 0.335 e. The largest absolute Gasteiger partial charge is 0.478 e. The van der Waals surface area contributed by atoms with Crippen LogP contribution in [-0.2, 0) is 9.53 Å². The van der Waals surface area contributed by atoms with Gasteiger partial charge in [-0.2, -0.15) is 0 Å². The molecular weight excluding hydrogens is 248 g/mol. The predicted octanol–water partition coefficient (Wildman–Crippen LogP) is 0.655. The molecule has 2 rings (SSSR count). The van der Waals surface area contributed by atoms with E-state index < -0.39 is 5.97 Å². The number of carboxylic acids is 1. The fourth-order valence-electron chi connectivity index (χ4n) is 1.83. The van der Waals surface area contributed by atoms with Crippen LogP contribution >= 0.6 is 0 Å². The van der Waals surface area contributed by atoms with Crippen LogP contribution < -0.4 is 5.32 Å². The van der Waals surface area contributed by atoms with E-state index in [4.69, 9.17) is 9.84 Å². The topological polar surface area (TPSA) is 78.9 Å². The highest BCUT2D eigenvalue weighted by molar-refractivity contribution is 5.88. The molecule has 0 aliphatic carbocycles. The van der Waals surface area contributed by atoms with Gasteiger partial charge in [0.1, 0.15) is 0 Å². The molecule has 1 aromatic carbocycles. The van der Waals surface area contributed by atoms with E-state index >= 15 is 0 Å². The zero-order chi connectivity index (χ0) is 13.7.